The van der Waals surface area contributed by atoms with Crippen molar-refractivity contribution in [2.45, 2.75) is 32.7 Å². The maximum absolute atomic E-state index is 13.3. The van der Waals surface area contributed by atoms with E-state index in [0.717, 1.165) is 42.7 Å². The zero-order valence-electron chi connectivity index (χ0n) is 19.9. The fourth-order valence-electron chi connectivity index (χ4n) is 4.91. The summed E-state index contributed by atoms with van der Waals surface area (Å²) in [6, 6.07) is 18.6. The van der Waals surface area contributed by atoms with Crippen LogP contribution < -0.4 is 9.80 Å². The summed E-state index contributed by atoms with van der Waals surface area (Å²) < 4.78 is 0. The molecular weight excluding hydrogens is 440 g/mol. The zero-order valence-corrected chi connectivity index (χ0v) is 19.9. The van der Waals surface area contributed by atoms with Crippen LogP contribution >= 0.6 is 0 Å². The second kappa shape index (κ2) is 8.95. The second-order valence-corrected chi connectivity index (χ2v) is 9.27. The zero-order chi connectivity index (χ0) is 24.7. The molecule has 3 aromatic carbocycles. The molecule has 0 saturated carbocycles. The minimum Gasteiger partial charge on any atom is -0.508 e. The van der Waals surface area contributed by atoms with Crippen molar-refractivity contribution in [3.63, 3.8) is 0 Å². The summed E-state index contributed by atoms with van der Waals surface area (Å²) in [6.07, 6.45) is 2.32. The van der Waals surface area contributed by atoms with Crippen LogP contribution in [0.4, 0.5) is 11.4 Å². The molecule has 2 heterocycles. The Kier molecular flexibility index (Phi) is 5.81. The number of nitrogens with zero attached hydrogens (tertiary/aromatic N) is 2. The van der Waals surface area contributed by atoms with Crippen LogP contribution in [0.15, 0.2) is 72.3 Å². The van der Waals surface area contributed by atoms with Gasteiger partial charge in [-0.2, -0.15) is 0 Å². The topological polar surface area (TPSA) is 81.1 Å². The van der Waals surface area contributed by atoms with Crippen LogP contribution in [0.25, 0.3) is 5.76 Å². The van der Waals surface area contributed by atoms with Gasteiger partial charge in [-0.15, -0.1) is 0 Å². The van der Waals surface area contributed by atoms with Gasteiger partial charge in [0.05, 0.1) is 11.6 Å². The predicted octanol–water partition coefficient (Wildman–Crippen LogP) is 5.24. The van der Waals surface area contributed by atoms with E-state index in [0.29, 0.717) is 16.8 Å². The highest BCUT2D eigenvalue weighted by molar-refractivity contribution is 6.51. The number of hydrogen-bond donors (Lipinski definition) is 2. The molecule has 0 radical (unpaired) electrons. The lowest BCUT2D eigenvalue weighted by atomic mass is 9.94. The monoisotopic (exact) mass is 468 g/mol. The Morgan fingerprint density at radius 1 is 0.829 bits per heavy atom. The van der Waals surface area contributed by atoms with Gasteiger partial charge in [-0.25, -0.2) is 0 Å². The summed E-state index contributed by atoms with van der Waals surface area (Å²) in [4.78, 5) is 30.4. The highest BCUT2D eigenvalue weighted by Gasteiger charge is 2.47. The number of carbonyl (C=O) groups excluding carboxylic acids is 2. The number of aliphatic hydroxyl groups is 1. The van der Waals surface area contributed by atoms with Crippen molar-refractivity contribution in [2.75, 3.05) is 22.9 Å². The molecule has 1 unspecified atom stereocenters. The van der Waals surface area contributed by atoms with Crippen molar-refractivity contribution in [1.29, 1.82) is 0 Å². The number of Topliss-reactive ketones (excluding diaryl/α,β-unsaturated/α-hetero) is 1. The molecule has 1 atom stereocenters. The molecule has 3 aromatic rings. The second-order valence-electron chi connectivity index (χ2n) is 9.27. The Morgan fingerprint density at radius 2 is 1.46 bits per heavy atom. The third-order valence-electron chi connectivity index (χ3n) is 7.03. The Hall–Kier alpha value is -4.06. The van der Waals surface area contributed by atoms with Gasteiger partial charge in [-0.3, -0.25) is 14.5 Å². The Morgan fingerprint density at radius 3 is 2.09 bits per heavy atom. The first-order valence-electron chi connectivity index (χ1n) is 11.9. The number of aliphatic hydroxyl groups excluding tert-OH is 1. The fourth-order valence-corrected chi connectivity index (χ4v) is 4.91. The van der Waals surface area contributed by atoms with Crippen molar-refractivity contribution in [3.05, 3.63) is 94.6 Å². The molecule has 6 nitrogen and oxygen atoms in total. The van der Waals surface area contributed by atoms with Crippen LogP contribution in [0.5, 0.6) is 5.75 Å². The molecule has 0 aliphatic carbocycles. The number of ketones is 1. The number of phenolic OH excluding ortho intramolecular Hbond substituents is 1. The van der Waals surface area contributed by atoms with Crippen LogP contribution in [-0.4, -0.2) is 35.0 Å². The Balaban J connectivity index is 1.63. The molecule has 5 rings (SSSR count). The molecule has 2 saturated heterocycles. The van der Waals surface area contributed by atoms with Gasteiger partial charge in [0.15, 0.2) is 0 Å². The molecule has 0 aromatic heterocycles. The molecule has 2 N–H and O–H groups in total. The van der Waals surface area contributed by atoms with Crippen LogP contribution in [0.2, 0.25) is 0 Å². The molecule has 2 fully saturated rings. The summed E-state index contributed by atoms with van der Waals surface area (Å²) >= 11 is 0. The number of rotatable bonds is 4. The van der Waals surface area contributed by atoms with Crippen LogP contribution in [-0.2, 0) is 9.59 Å². The lowest BCUT2D eigenvalue weighted by Gasteiger charge is -2.26. The summed E-state index contributed by atoms with van der Waals surface area (Å²) in [5, 5.41) is 21.1. The van der Waals surface area contributed by atoms with Crippen molar-refractivity contribution < 1.29 is 19.8 Å². The minimum absolute atomic E-state index is 0.0348. The molecule has 6 heteroatoms. The van der Waals surface area contributed by atoms with E-state index in [9.17, 15) is 19.8 Å². The van der Waals surface area contributed by atoms with Gasteiger partial charge in [0.2, 0.25) is 0 Å². The summed E-state index contributed by atoms with van der Waals surface area (Å²) in [5.74, 6) is -1.56. The van der Waals surface area contributed by atoms with E-state index in [-0.39, 0.29) is 17.1 Å². The number of hydrogen-bond acceptors (Lipinski definition) is 5. The molecule has 178 valence electrons. The molecule has 35 heavy (non-hydrogen) atoms. The minimum atomic E-state index is -0.824. The summed E-state index contributed by atoms with van der Waals surface area (Å²) in [6.45, 7) is 5.92. The third-order valence-corrected chi connectivity index (χ3v) is 7.03. The van der Waals surface area contributed by atoms with Gasteiger partial charge in [0.25, 0.3) is 11.7 Å². The van der Waals surface area contributed by atoms with Crippen molar-refractivity contribution in [3.8, 4) is 5.75 Å². The largest absolute Gasteiger partial charge is 0.508 e. The van der Waals surface area contributed by atoms with E-state index < -0.39 is 17.7 Å². The number of benzene rings is 3. The van der Waals surface area contributed by atoms with Crippen LogP contribution in [0.1, 0.15) is 41.1 Å². The lowest BCUT2D eigenvalue weighted by molar-refractivity contribution is -0.132. The lowest BCUT2D eigenvalue weighted by Crippen LogP contribution is -2.29. The van der Waals surface area contributed by atoms with E-state index in [4.69, 9.17) is 0 Å². The third kappa shape index (κ3) is 4.05. The molecule has 0 bridgehead atoms. The number of carbonyl (C=O) groups is 2. The standard InChI is InChI=1S/C29H28N2O4/c1-18-5-6-21(17-19(18)2)27(33)25-26(20-7-13-24(32)14-8-20)31(29(35)28(25)34)23-11-9-22(10-12-23)30-15-3-4-16-30/h5-14,17,26,32-33H,3-4,15-16H2,1-2H3/b27-25-. The predicted molar refractivity (Wildman–Crippen MR) is 137 cm³/mol. The number of aryl methyl sites for hydroxylation is 2. The number of anilines is 2. The molecule has 0 spiro atoms. The highest BCUT2D eigenvalue weighted by atomic mass is 16.3. The quantitative estimate of drug-likeness (QED) is 0.311. The van der Waals surface area contributed by atoms with Gasteiger partial charge in [-0.1, -0.05) is 24.3 Å². The van der Waals surface area contributed by atoms with E-state index in [2.05, 4.69) is 4.90 Å². The van der Waals surface area contributed by atoms with Gasteiger partial charge >= 0.3 is 0 Å². The average molecular weight is 469 g/mol. The SMILES string of the molecule is Cc1ccc(/C(O)=C2/C(=O)C(=O)N(c3ccc(N4CCCC4)cc3)C2c2ccc(O)cc2)cc1C. The van der Waals surface area contributed by atoms with E-state index >= 15 is 0 Å². The van der Waals surface area contributed by atoms with Crippen molar-refractivity contribution in [2.24, 2.45) is 0 Å². The first-order chi connectivity index (χ1) is 16.8. The maximum atomic E-state index is 13.3. The van der Waals surface area contributed by atoms with Crippen LogP contribution in [0.3, 0.4) is 0 Å². The molecule has 1 amide bonds. The van der Waals surface area contributed by atoms with Crippen molar-refractivity contribution >= 4 is 28.8 Å². The number of amides is 1. The number of phenols is 1. The van der Waals surface area contributed by atoms with E-state index in [1.54, 1.807) is 18.2 Å². The smallest absolute Gasteiger partial charge is 0.300 e. The first kappa shape index (κ1) is 22.7. The molecule has 2 aliphatic heterocycles. The Bertz CT molecular complexity index is 1320. The van der Waals surface area contributed by atoms with Gasteiger partial charge in [0, 0.05) is 30.0 Å². The molecule has 2 aliphatic rings. The van der Waals surface area contributed by atoms with E-state index in [1.807, 2.05) is 50.2 Å². The van der Waals surface area contributed by atoms with Crippen molar-refractivity contribution in [1.82, 2.24) is 0 Å². The highest BCUT2D eigenvalue weighted by Crippen LogP contribution is 2.43. The summed E-state index contributed by atoms with van der Waals surface area (Å²) in [5.41, 5.74) is 4.84. The van der Waals surface area contributed by atoms with Gasteiger partial charge < -0.3 is 15.1 Å². The van der Waals surface area contributed by atoms with Gasteiger partial charge in [-0.05, 0) is 85.8 Å². The normalized spacial score (nSPS) is 19.5. The first-order valence-corrected chi connectivity index (χ1v) is 11.9. The van der Waals surface area contributed by atoms with E-state index in [1.165, 1.54) is 17.0 Å². The van der Waals surface area contributed by atoms with Crippen LogP contribution in [0, 0.1) is 13.8 Å². The molecular formula is C29H28N2O4. The summed E-state index contributed by atoms with van der Waals surface area (Å²) in [7, 11) is 0. The fraction of sp³-hybridized carbons (Fsp3) is 0.241. The number of aromatic hydroxyl groups is 1. The maximum Gasteiger partial charge on any atom is 0.300 e. The van der Waals surface area contributed by atoms with Gasteiger partial charge in [0.1, 0.15) is 11.5 Å². The Labute approximate surface area is 204 Å². The average Bonchev–Trinajstić information content (AvgIpc) is 3.48.